The second-order valence-corrected chi connectivity index (χ2v) is 4.66. The third kappa shape index (κ3) is 1.69. The SMILES string of the molecule is Cc1nn(C)c2c1[nH]c(=S)n2-c1ccc(F)c(F)c1. The van der Waals surface area contributed by atoms with E-state index in [-0.39, 0.29) is 0 Å². The van der Waals surface area contributed by atoms with Crippen LogP contribution in [0.1, 0.15) is 5.69 Å². The van der Waals surface area contributed by atoms with E-state index in [9.17, 15) is 8.78 Å². The van der Waals surface area contributed by atoms with E-state index in [4.69, 9.17) is 12.2 Å². The van der Waals surface area contributed by atoms with E-state index in [1.807, 2.05) is 6.92 Å². The first-order chi connectivity index (χ1) is 8.99. The van der Waals surface area contributed by atoms with Crippen LogP contribution in [0.15, 0.2) is 18.2 Å². The highest BCUT2D eigenvalue weighted by molar-refractivity contribution is 7.71. The fourth-order valence-corrected chi connectivity index (χ4v) is 2.47. The highest BCUT2D eigenvalue weighted by Gasteiger charge is 2.15. The summed E-state index contributed by atoms with van der Waals surface area (Å²) in [5, 5.41) is 4.27. The van der Waals surface area contributed by atoms with Gasteiger partial charge in [0, 0.05) is 13.1 Å². The molecule has 0 fully saturated rings. The number of hydrogen-bond acceptors (Lipinski definition) is 2. The molecule has 0 aliphatic rings. The Hall–Kier alpha value is -2.02. The average molecular weight is 280 g/mol. The molecule has 0 aliphatic heterocycles. The van der Waals surface area contributed by atoms with Gasteiger partial charge in [-0.05, 0) is 31.3 Å². The number of aromatic amines is 1. The van der Waals surface area contributed by atoms with Gasteiger partial charge in [0.15, 0.2) is 22.1 Å². The molecule has 0 bridgehead atoms. The summed E-state index contributed by atoms with van der Waals surface area (Å²) in [6, 6.07) is 3.67. The van der Waals surface area contributed by atoms with Crippen molar-refractivity contribution >= 4 is 23.4 Å². The van der Waals surface area contributed by atoms with Crippen LogP contribution in [-0.2, 0) is 7.05 Å². The third-order valence-electron chi connectivity index (χ3n) is 3.00. The summed E-state index contributed by atoms with van der Waals surface area (Å²) in [6.07, 6.45) is 0. The van der Waals surface area contributed by atoms with E-state index in [0.29, 0.717) is 16.1 Å². The van der Waals surface area contributed by atoms with Gasteiger partial charge in [0.2, 0.25) is 0 Å². The number of H-pyrrole nitrogens is 1. The molecule has 2 aromatic heterocycles. The van der Waals surface area contributed by atoms with Gasteiger partial charge in [-0.1, -0.05) is 0 Å². The standard InChI is InChI=1S/C12H10F2N4S/c1-6-10-11(17(2)16-6)18(12(19)15-10)7-3-4-8(13)9(14)5-7/h3-5H,1-2H3,(H,15,19). The fraction of sp³-hybridized carbons (Fsp3) is 0.167. The zero-order chi connectivity index (χ0) is 13.7. The minimum Gasteiger partial charge on any atom is -0.327 e. The van der Waals surface area contributed by atoms with Crippen LogP contribution in [0.25, 0.3) is 16.9 Å². The van der Waals surface area contributed by atoms with E-state index < -0.39 is 11.6 Å². The molecule has 2 heterocycles. The molecule has 0 saturated carbocycles. The summed E-state index contributed by atoms with van der Waals surface area (Å²) in [5.74, 6) is -1.80. The van der Waals surface area contributed by atoms with Crippen LogP contribution in [0.5, 0.6) is 0 Å². The molecule has 4 nitrogen and oxygen atoms in total. The minimum absolute atomic E-state index is 0.414. The average Bonchev–Trinajstić information content (AvgIpc) is 2.82. The maximum atomic E-state index is 13.4. The third-order valence-corrected chi connectivity index (χ3v) is 3.28. The number of halogens is 2. The molecule has 0 radical (unpaired) electrons. The number of aromatic nitrogens is 4. The Morgan fingerprint density at radius 3 is 2.68 bits per heavy atom. The molecule has 0 atom stereocenters. The zero-order valence-electron chi connectivity index (χ0n) is 10.2. The zero-order valence-corrected chi connectivity index (χ0v) is 11.1. The van der Waals surface area contributed by atoms with Crippen molar-refractivity contribution in [3.8, 4) is 5.69 Å². The van der Waals surface area contributed by atoms with Gasteiger partial charge in [-0.2, -0.15) is 5.10 Å². The molecule has 7 heteroatoms. The number of fused-ring (bicyclic) bond motifs is 1. The van der Waals surface area contributed by atoms with Crippen LogP contribution >= 0.6 is 12.2 Å². The Kier molecular flexibility index (Phi) is 2.53. The van der Waals surface area contributed by atoms with Crippen molar-refractivity contribution < 1.29 is 8.78 Å². The summed E-state index contributed by atoms with van der Waals surface area (Å²) in [7, 11) is 1.77. The lowest BCUT2D eigenvalue weighted by Crippen LogP contribution is -2.01. The van der Waals surface area contributed by atoms with Gasteiger partial charge in [0.1, 0.15) is 5.52 Å². The van der Waals surface area contributed by atoms with Crippen molar-refractivity contribution in [2.45, 2.75) is 6.92 Å². The predicted molar refractivity (Wildman–Crippen MR) is 69.9 cm³/mol. The van der Waals surface area contributed by atoms with Gasteiger partial charge in [0.25, 0.3) is 0 Å². The van der Waals surface area contributed by atoms with Crippen molar-refractivity contribution in [1.82, 2.24) is 19.3 Å². The maximum Gasteiger partial charge on any atom is 0.184 e. The first-order valence-corrected chi connectivity index (χ1v) is 5.99. The molecule has 0 aliphatic carbocycles. The van der Waals surface area contributed by atoms with Gasteiger partial charge < -0.3 is 4.98 Å². The van der Waals surface area contributed by atoms with E-state index in [0.717, 1.165) is 23.3 Å². The van der Waals surface area contributed by atoms with E-state index >= 15 is 0 Å². The molecule has 0 saturated heterocycles. The monoisotopic (exact) mass is 280 g/mol. The van der Waals surface area contributed by atoms with Crippen molar-refractivity contribution in [2.75, 3.05) is 0 Å². The number of nitrogens with zero attached hydrogens (tertiary/aromatic N) is 3. The maximum absolute atomic E-state index is 13.4. The number of rotatable bonds is 1. The predicted octanol–water partition coefficient (Wildman–Crippen LogP) is 3.01. The van der Waals surface area contributed by atoms with Crippen molar-refractivity contribution in [3.05, 3.63) is 40.3 Å². The highest BCUT2D eigenvalue weighted by atomic mass is 32.1. The summed E-state index contributed by atoms with van der Waals surface area (Å²) in [5.41, 5.74) is 2.76. The number of aryl methyl sites for hydroxylation is 2. The van der Waals surface area contributed by atoms with Crippen LogP contribution in [0.2, 0.25) is 0 Å². The lowest BCUT2D eigenvalue weighted by molar-refractivity contribution is 0.508. The molecule has 3 aromatic rings. The van der Waals surface area contributed by atoms with Crippen LogP contribution in [-0.4, -0.2) is 19.3 Å². The second kappa shape index (κ2) is 3.99. The summed E-state index contributed by atoms with van der Waals surface area (Å²) < 4.78 is 30.1. The first-order valence-electron chi connectivity index (χ1n) is 5.59. The van der Waals surface area contributed by atoms with Crippen molar-refractivity contribution in [1.29, 1.82) is 0 Å². The van der Waals surface area contributed by atoms with Crippen LogP contribution in [0.4, 0.5) is 8.78 Å². The smallest absolute Gasteiger partial charge is 0.184 e. The lowest BCUT2D eigenvalue weighted by atomic mass is 10.3. The molecule has 19 heavy (non-hydrogen) atoms. The Morgan fingerprint density at radius 2 is 2.00 bits per heavy atom. The highest BCUT2D eigenvalue weighted by Crippen LogP contribution is 2.22. The lowest BCUT2D eigenvalue weighted by Gasteiger charge is -2.05. The molecular formula is C12H10F2N4S. The normalized spacial score (nSPS) is 11.4. The molecule has 0 unspecified atom stereocenters. The van der Waals surface area contributed by atoms with Crippen LogP contribution in [0, 0.1) is 23.3 Å². The van der Waals surface area contributed by atoms with Gasteiger partial charge in [-0.15, -0.1) is 0 Å². The molecule has 0 spiro atoms. The fourth-order valence-electron chi connectivity index (χ4n) is 2.17. The minimum atomic E-state index is -0.910. The molecule has 98 valence electrons. The Bertz CT molecular complexity index is 843. The number of imidazole rings is 1. The second-order valence-electron chi connectivity index (χ2n) is 4.27. The Balaban J connectivity index is 2.38. The largest absolute Gasteiger partial charge is 0.327 e. The van der Waals surface area contributed by atoms with Gasteiger partial charge >= 0.3 is 0 Å². The summed E-state index contributed by atoms with van der Waals surface area (Å²) in [4.78, 5) is 3.03. The quantitative estimate of drug-likeness (QED) is 0.696. The number of nitrogens with one attached hydrogen (secondary N) is 1. The molecule has 0 amide bonds. The Labute approximate surface area is 112 Å². The van der Waals surface area contributed by atoms with E-state index in [2.05, 4.69) is 10.1 Å². The van der Waals surface area contributed by atoms with E-state index in [1.165, 1.54) is 6.07 Å². The van der Waals surface area contributed by atoms with Crippen molar-refractivity contribution in [2.24, 2.45) is 7.05 Å². The van der Waals surface area contributed by atoms with Gasteiger partial charge in [0.05, 0.1) is 11.4 Å². The van der Waals surface area contributed by atoms with Gasteiger partial charge in [-0.3, -0.25) is 4.57 Å². The molecular weight excluding hydrogens is 270 g/mol. The number of hydrogen-bond donors (Lipinski definition) is 1. The summed E-state index contributed by atoms with van der Waals surface area (Å²) >= 11 is 5.23. The Morgan fingerprint density at radius 1 is 1.26 bits per heavy atom. The van der Waals surface area contributed by atoms with Gasteiger partial charge in [-0.25, -0.2) is 13.5 Å². The number of benzene rings is 1. The first kappa shape index (κ1) is 12.0. The van der Waals surface area contributed by atoms with E-state index in [1.54, 1.807) is 16.3 Å². The van der Waals surface area contributed by atoms with Crippen molar-refractivity contribution in [3.63, 3.8) is 0 Å². The summed E-state index contributed by atoms with van der Waals surface area (Å²) in [6.45, 7) is 1.85. The van der Waals surface area contributed by atoms with Crippen LogP contribution in [0.3, 0.4) is 0 Å². The molecule has 1 aromatic carbocycles. The topological polar surface area (TPSA) is 38.5 Å². The van der Waals surface area contributed by atoms with Crippen LogP contribution < -0.4 is 0 Å². The molecule has 3 rings (SSSR count). The molecule has 1 N–H and O–H groups in total.